The van der Waals surface area contributed by atoms with Crippen LogP contribution in [0.15, 0.2) is 24.3 Å². The molecule has 1 aromatic carbocycles. The third-order valence-corrected chi connectivity index (χ3v) is 3.51. The number of β-amino-alcohol motifs (C(OH)–C–C–N with tert-alkyl or cyclic N) is 1. The lowest BCUT2D eigenvalue weighted by Gasteiger charge is -2.26. The molecule has 1 atom stereocenters. The van der Waals surface area contributed by atoms with Crippen LogP contribution in [0, 0.1) is 0 Å². The van der Waals surface area contributed by atoms with Crippen LogP contribution in [0.2, 0.25) is 0 Å². The van der Waals surface area contributed by atoms with Crippen LogP contribution in [0.1, 0.15) is 32.8 Å². The summed E-state index contributed by atoms with van der Waals surface area (Å²) in [5.74, 6) is 0.691. The van der Waals surface area contributed by atoms with Gasteiger partial charge in [0.25, 0.3) is 0 Å². The van der Waals surface area contributed by atoms with Gasteiger partial charge in [0.2, 0.25) is 0 Å². The van der Waals surface area contributed by atoms with E-state index < -0.39 is 11.2 Å². The summed E-state index contributed by atoms with van der Waals surface area (Å²) < 4.78 is 10.5. The highest BCUT2D eigenvalue weighted by Crippen LogP contribution is 2.34. The molecular weight excluding hydrogens is 270 g/mol. The van der Waals surface area contributed by atoms with E-state index in [2.05, 4.69) is 0 Å². The van der Waals surface area contributed by atoms with Gasteiger partial charge in [0, 0.05) is 6.54 Å². The Balaban J connectivity index is 2.11. The number of aliphatic hydroxyl groups is 1. The maximum Gasteiger partial charge on any atom is 0.410 e. The van der Waals surface area contributed by atoms with E-state index in [9.17, 15) is 9.90 Å². The first-order chi connectivity index (χ1) is 9.73. The number of hydrogen-bond acceptors (Lipinski definition) is 4. The maximum absolute atomic E-state index is 12.1. The van der Waals surface area contributed by atoms with Gasteiger partial charge in [-0.2, -0.15) is 0 Å². The average Bonchev–Trinajstić information content (AvgIpc) is 2.81. The van der Waals surface area contributed by atoms with Crippen molar-refractivity contribution in [1.29, 1.82) is 0 Å². The molecule has 21 heavy (non-hydrogen) atoms. The number of amides is 1. The van der Waals surface area contributed by atoms with Crippen LogP contribution in [0.5, 0.6) is 5.75 Å². The van der Waals surface area contributed by atoms with Crippen molar-refractivity contribution < 1.29 is 19.4 Å². The van der Waals surface area contributed by atoms with Crippen LogP contribution in [0.3, 0.4) is 0 Å². The highest BCUT2D eigenvalue weighted by atomic mass is 16.6. The predicted molar refractivity (Wildman–Crippen MR) is 79.3 cm³/mol. The van der Waals surface area contributed by atoms with Crippen LogP contribution >= 0.6 is 0 Å². The first kappa shape index (κ1) is 15.6. The lowest BCUT2D eigenvalue weighted by Crippen LogP contribution is -2.38. The van der Waals surface area contributed by atoms with E-state index in [1.54, 1.807) is 18.1 Å². The molecule has 116 valence electrons. The third-order valence-electron chi connectivity index (χ3n) is 3.51. The Hall–Kier alpha value is -1.75. The summed E-state index contributed by atoms with van der Waals surface area (Å²) in [6.07, 6.45) is 0.0979. The van der Waals surface area contributed by atoms with Gasteiger partial charge in [-0.1, -0.05) is 12.1 Å². The standard InChI is InChI=1S/C16H23NO4/c1-15(2,3)21-14(18)17-9-8-16(19,11-17)12-6-5-7-13(10-12)20-4/h5-7,10,19H,8-9,11H2,1-4H3. The van der Waals surface area contributed by atoms with E-state index in [-0.39, 0.29) is 12.6 Å². The van der Waals surface area contributed by atoms with Crippen LogP contribution in [-0.4, -0.2) is 41.9 Å². The molecule has 0 aromatic heterocycles. The van der Waals surface area contributed by atoms with E-state index in [0.29, 0.717) is 18.7 Å². The van der Waals surface area contributed by atoms with Crippen molar-refractivity contribution in [3.05, 3.63) is 29.8 Å². The first-order valence-corrected chi connectivity index (χ1v) is 7.08. The van der Waals surface area contributed by atoms with Crippen LogP contribution < -0.4 is 4.74 Å². The van der Waals surface area contributed by atoms with E-state index in [0.717, 1.165) is 5.56 Å². The van der Waals surface area contributed by atoms with Gasteiger partial charge >= 0.3 is 6.09 Å². The molecule has 1 N–H and O–H groups in total. The molecule has 0 bridgehead atoms. The van der Waals surface area contributed by atoms with Gasteiger partial charge < -0.3 is 19.5 Å². The zero-order valence-electron chi connectivity index (χ0n) is 13.0. The Kier molecular flexibility index (Phi) is 4.14. The summed E-state index contributed by atoms with van der Waals surface area (Å²) in [5, 5.41) is 10.8. The second-order valence-electron chi connectivity index (χ2n) is 6.42. The van der Waals surface area contributed by atoms with Crippen molar-refractivity contribution in [2.45, 2.75) is 38.4 Å². The largest absolute Gasteiger partial charge is 0.497 e. The molecular formula is C16H23NO4. The van der Waals surface area contributed by atoms with Crippen molar-refractivity contribution in [3.8, 4) is 5.75 Å². The Morgan fingerprint density at radius 3 is 2.71 bits per heavy atom. The van der Waals surface area contributed by atoms with E-state index in [4.69, 9.17) is 9.47 Å². The summed E-state index contributed by atoms with van der Waals surface area (Å²) in [6.45, 7) is 6.19. The summed E-state index contributed by atoms with van der Waals surface area (Å²) in [4.78, 5) is 13.6. The number of carbonyl (C=O) groups excluding carboxylic acids is 1. The molecule has 0 radical (unpaired) electrons. The monoisotopic (exact) mass is 293 g/mol. The number of nitrogens with zero attached hydrogens (tertiary/aromatic N) is 1. The summed E-state index contributed by atoms with van der Waals surface area (Å²) >= 11 is 0. The van der Waals surface area contributed by atoms with Crippen LogP contribution in [0.4, 0.5) is 4.79 Å². The van der Waals surface area contributed by atoms with Crippen molar-refractivity contribution in [1.82, 2.24) is 4.90 Å². The van der Waals surface area contributed by atoms with Crippen LogP contribution in [-0.2, 0) is 10.3 Å². The van der Waals surface area contributed by atoms with E-state index >= 15 is 0 Å². The van der Waals surface area contributed by atoms with Gasteiger partial charge in [-0.3, -0.25) is 0 Å². The number of methoxy groups -OCH3 is 1. The van der Waals surface area contributed by atoms with Gasteiger partial charge in [-0.15, -0.1) is 0 Å². The Morgan fingerprint density at radius 2 is 2.10 bits per heavy atom. The molecule has 1 fully saturated rings. The van der Waals surface area contributed by atoms with Gasteiger partial charge in [0.05, 0.1) is 13.7 Å². The van der Waals surface area contributed by atoms with Crippen molar-refractivity contribution in [2.75, 3.05) is 20.2 Å². The molecule has 5 heteroatoms. The number of benzene rings is 1. The summed E-state index contributed by atoms with van der Waals surface area (Å²) in [5.41, 5.74) is -0.827. The topological polar surface area (TPSA) is 59.0 Å². The van der Waals surface area contributed by atoms with Crippen molar-refractivity contribution >= 4 is 6.09 Å². The normalized spacial score (nSPS) is 22.2. The molecule has 1 aromatic rings. The predicted octanol–water partition coefficient (Wildman–Crippen LogP) is 2.52. The van der Waals surface area contributed by atoms with Crippen molar-refractivity contribution in [3.63, 3.8) is 0 Å². The molecule has 5 nitrogen and oxygen atoms in total. The van der Waals surface area contributed by atoms with Crippen molar-refractivity contribution in [2.24, 2.45) is 0 Å². The Morgan fingerprint density at radius 1 is 1.38 bits per heavy atom. The first-order valence-electron chi connectivity index (χ1n) is 7.08. The lowest BCUT2D eigenvalue weighted by atomic mass is 9.93. The second kappa shape index (κ2) is 5.56. The molecule has 0 spiro atoms. The number of hydrogen-bond donors (Lipinski definition) is 1. The number of likely N-dealkylation sites (tertiary alicyclic amines) is 1. The number of carbonyl (C=O) groups is 1. The number of ether oxygens (including phenoxy) is 2. The smallest absolute Gasteiger partial charge is 0.410 e. The third kappa shape index (κ3) is 3.67. The summed E-state index contributed by atoms with van der Waals surface area (Å²) in [6, 6.07) is 7.31. The molecule has 0 saturated carbocycles. The van der Waals surface area contributed by atoms with Gasteiger partial charge in [0.15, 0.2) is 0 Å². The van der Waals surface area contributed by atoms with Gasteiger partial charge in [-0.05, 0) is 44.9 Å². The minimum Gasteiger partial charge on any atom is -0.497 e. The van der Waals surface area contributed by atoms with Crippen LogP contribution in [0.25, 0.3) is 0 Å². The fraction of sp³-hybridized carbons (Fsp3) is 0.562. The zero-order chi connectivity index (χ0) is 15.7. The SMILES string of the molecule is COc1cccc(C2(O)CCN(C(=O)OC(C)(C)C)C2)c1. The van der Waals surface area contributed by atoms with E-state index in [1.165, 1.54) is 0 Å². The molecule has 1 heterocycles. The minimum atomic E-state index is -1.05. The molecule has 0 aliphatic carbocycles. The Labute approximate surface area is 125 Å². The van der Waals surface area contributed by atoms with Gasteiger partial charge in [-0.25, -0.2) is 4.79 Å². The highest BCUT2D eigenvalue weighted by Gasteiger charge is 2.41. The fourth-order valence-corrected chi connectivity index (χ4v) is 2.42. The van der Waals surface area contributed by atoms with E-state index in [1.807, 2.05) is 39.0 Å². The molecule has 1 amide bonds. The van der Waals surface area contributed by atoms with Gasteiger partial charge in [0.1, 0.15) is 17.0 Å². The lowest BCUT2D eigenvalue weighted by molar-refractivity contribution is 0.0139. The average molecular weight is 293 g/mol. The minimum absolute atomic E-state index is 0.231. The second-order valence-corrected chi connectivity index (χ2v) is 6.42. The molecule has 1 saturated heterocycles. The molecule has 2 rings (SSSR count). The highest BCUT2D eigenvalue weighted by molar-refractivity contribution is 5.68. The molecule has 1 aliphatic rings. The summed E-state index contributed by atoms with van der Waals surface area (Å²) in [7, 11) is 1.59. The molecule has 1 aliphatic heterocycles. The zero-order valence-corrected chi connectivity index (χ0v) is 13.0. The maximum atomic E-state index is 12.1. The quantitative estimate of drug-likeness (QED) is 0.910. The Bertz CT molecular complexity index is 523. The molecule has 1 unspecified atom stereocenters. The number of rotatable bonds is 2. The fourth-order valence-electron chi connectivity index (χ4n) is 2.42.